The molecule has 0 amide bonds. The van der Waals surface area contributed by atoms with Gasteiger partial charge in [0.2, 0.25) is 0 Å². The molecule has 3 heteroatoms. The van der Waals surface area contributed by atoms with Gasteiger partial charge in [-0.3, -0.25) is 4.90 Å². The van der Waals surface area contributed by atoms with Crippen molar-refractivity contribution in [2.45, 2.75) is 52.6 Å². The van der Waals surface area contributed by atoms with Gasteiger partial charge < -0.3 is 5.73 Å². The summed E-state index contributed by atoms with van der Waals surface area (Å²) in [7, 11) is 0. The lowest BCUT2D eigenvalue weighted by Crippen LogP contribution is -2.31. The Labute approximate surface area is 120 Å². The van der Waals surface area contributed by atoms with E-state index < -0.39 is 0 Å². The number of nitrogens with two attached hydrogens (primary N) is 1. The molecule has 0 aliphatic rings. The fraction of sp³-hybridized carbons (Fsp3) is 0.600. The van der Waals surface area contributed by atoms with Crippen LogP contribution >= 0.6 is 15.9 Å². The molecule has 0 unspecified atom stereocenters. The maximum atomic E-state index is 5.88. The summed E-state index contributed by atoms with van der Waals surface area (Å²) in [6.45, 7) is 8.90. The Bertz CT molecular complexity index is 343. The molecule has 18 heavy (non-hydrogen) atoms. The lowest BCUT2D eigenvalue weighted by molar-refractivity contribution is 0.208. The first-order valence-corrected chi connectivity index (χ1v) is 7.61. The van der Waals surface area contributed by atoms with Crippen LogP contribution in [0.25, 0.3) is 0 Å². The molecule has 0 aliphatic heterocycles. The average Bonchev–Trinajstić information content (AvgIpc) is 2.26. The number of hydrogen-bond donors (Lipinski definition) is 1. The van der Waals surface area contributed by atoms with Gasteiger partial charge in [0.1, 0.15) is 0 Å². The number of hydrogen-bond acceptors (Lipinski definition) is 2. The Morgan fingerprint density at radius 3 is 2.50 bits per heavy atom. The van der Waals surface area contributed by atoms with Crippen molar-refractivity contribution in [3.8, 4) is 0 Å². The first kappa shape index (κ1) is 15.5. The van der Waals surface area contributed by atoms with Gasteiger partial charge in [-0.2, -0.15) is 0 Å². The molecule has 102 valence electrons. The van der Waals surface area contributed by atoms with Crippen LogP contribution in [-0.4, -0.2) is 17.5 Å². The van der Waals surface area contributed by atoms with Gasteiger partial charge in [-0.25, -0.2) is 0 Å². The number of nitrogens with zero attached hydrogens (tertiary/aromatic N) is 1. The summed E-state index contributed by atoms with van der Waals surface area (Å²) in [5.74, 6) is 0. The molecule has 0 spiro atoms. The van der Waals surface area contributed by atoms with Gasteiger partial charge in [-0.05, 0) is 50.6 Å². The van der Waals surface area contributed by atoms with Crippen LogP contribution in [0.4, 0.5) is 5.69 Å². The lowest BCUT2D eigenvalue weighted by Gasteiger charge is -2.26. The van der Waals surface area contributed by atoms with Crippen molar-refractivity contribution in [3.63, 3.8) is 0 Å². The van der Waals surface area contributed by atoms with Crippen molar-refractivity contribution in [3.05, 3.63) is 28.2 Å². The number of nitrogen functional groups attached to an aromatic ring is 1. The molecule has 0 bridgehead atoms. The molecule has 2 nitrogen and oxygen atoms in total. The quantitative estimate of drug-likeness (QED) is 0.596. The molecule has 0 saturated heterocycles. The largest absolute Gasteiger partial charge is 0.399 e. The second kappa shape index (κ2) is 7.80. The first-order chi connectivity index (χ1) is 8.52. The van der Waals surface area contributed by atoms with Gasteiger partial charge in [0.25, 0.3) is 0 Å². The maximum Gasteiger partial charge on any atom is 0.0328 e. The zero-order valence-electron chi connectivity index (χ0n) is 11.7. The van der Waals surface area contributed by atoms with Gasteiger partial charge in [0.05, 0.1) is 0 Å². The highest BCUT2D eigenvalue weighted by Crippen LogP contribution is 2.19. The van der Waals surface area contributed by atoms with E-state index in [9.17, 15) is 0 Å². The topological polar surface area (TPSA) is 29.3 Å². The maximum absolute atomic E-state index is 5.88. The molecule has 0 saturated carbocycles. The molecule has 2 N–H and O–H groups in total. The van der Waals surface area contributed by atoms with E-state index in [-0.39, 0.29) is 0 Å². The van der Waals surface area contributed by atoms with Crippen molar-refractivity contribution < 1.29 is 0 Å². The molecule has 1 rings (SSSR count). The third-order valence-electron chi connectivity index (χ3n) is 3.14. The van der Waals surface area contributed by atoms with E-state index in [1.807, 2.05) is 6.07 Å². The van der Waals surface area contributed by atoms with E-state index in [2.05, 4.69) is 53.7 Å². The minimum absolute atomic E-state index is 0.571. The third kappa shape index (κ3) is 5.40. The Kier molecular flexibility index (Phi) is 6.72. The van der Waals surface area contributed by atoms with Crippen LogP contribution in [0, 0.1) is 0 Å². The SMILES string of the molecule is CCCCCN(Cc1cc(N)cc(Br)c1)C(C)C. The van der Waals surface area contributed by atoms with Crippen LogP contribution in [0.2, 0.25) is 0 Å². The summed E-state index contributed by atoms with van der Waals surface area (Å²) in [5.41, 5.74) is 8.00. The van der Waals surface area contributed by atoms with E-state index in [4.69, 9.17) is 5.73 Å². The van der Waals surface area contributed by atoms with Crippen molar-refractivity contribution in [1.82, 2.24) is 4.90 Å². The van der Waals surface area contributed by atoms with Crippen molar-refractivity contribution in [1.29, 1.82) is 0 Å². The predicted octanol–water partition coefficient (Wildman–Crippen LogP) is 4.43. The van der Waals surface area contributed by atoms with E-state index in [0.717, 1.165) is 23.2 Å². The monoisotopic (exact) mass is 312 g/mol. The Balaban J connectivity index is 2.64. The zero-order chi connectivity index (χ0) is 13.5. The van der Waals surface area contributed by atoms with Crippen LogP contribution in [-0.2, 0) is 6.54 Å². The summed E-state index contributed by atoms with van der Waals surface area (Å²) in [6.07, 6.45) is 3.86. The van der Waals surface area contributed by atoms with E-state index in [1.54, 1.807) is 0 Å². The molecule has 1 aromatic rings. The van der Waals surface area contributed by atoms with Crippen LogP contribution in [0.1, 0.15) is 45.6 Å². The standard InChI is InChI=1S/C15H25BrN2/c1-4-5-6-7-18(12(2)3)11-13-8-14(16)10-15(17)9-13/h8-10,12H,4-7,11,17H2,1-3H3. The molecule has 0 radical (unpaired) electrons. The van der Waals surface area contributed by atoms with Crippen LogP contribution in [0.3, 0.4) is 0 Å². The van der Waals surface area contributed by atoms with Gasteiger partial charge in [0.15, 0.2) is 0 Å². The van der Waals surface area contributed by atoms with E-state index in [1.165, 1.54) is 24.8 Å². The summed E-state index contributed by atoms with van der Waals surface area (Å²) in [6, 6.07) is 6.74. The van der Waals surface area contributed by atoms with E-state index in [0.29, 0.717) is 6.04 Å². The van der Waals surface area contributed by atoms with Gasteiger partial charge in [0, 0.05) is 22.7 Å². The lowest BCUT2D eigenvalue weighted by atomic mass is 10.1. The van der Waals surface area contributed by atoms with Crippen molar-refractivity contribution >= 4 is 21.6 Å². The number of halogens is 1. The van der Waals surface area contributed by atoms with Crippen LogP contribution in [0.5, 0.6) is 0 Å². The minimum atomic E-state index is 0.571. The second-order valence-corrected chi connectivity index (χ2v) is 6.08. The highest BCUT2D eigenvalue weighted by molar-refractivity contribution is 9.10. The number of rotatable bonds is 7. The van der Waals surface area contributed by atoms with Gasteiger partial charge in [-0.1, -0.05) is 35.7 Å². The summed E-state index contributed by atoms with van der Waals surface area (Å²) in [4.78, 5) is 2.51. The van der Waals surface area contributed by atoms with Crippen LogP contribution < -0.4 is 5.73 Å². The Morgan fingerprint density at radius 1 is 1.22 bits per heavy atom. The van der Waals surface area contributed by atoms with Gasteiger partial charge in [-0.15, -0.1) is 0 Å². The van der Waals surface area contributed by atoms with Gasteiger partial charge >= 0.3 is 0 Å². The molecular weight excluding hydrogens is 288 g/mol. The smallest absolute Gasteiger partial charge is 0.0328 e. The molecule has 0 atom stereocenters. The predicted molar refractivity (Wildman–Crippen MR) is 83.6 cm³/mol. The number of benzene rings is 1. The molecule has 1 aromatic carbocycles. The van der Waals surface area contributed by atoms with E-state index >= 15 is 0 Å². The summed E-state index contributed by atoms with van der Waals surface area (Å²) in [5, 5.41) is 0. The number of anilines is 1. The normalized spacial score (nSPS) is 11.4. The Morgan fingerprint density at radius 2 is 1.94 bits per heavy atom. The molecule has 0 aliphatic carbocycles. The highest BCUT2D eigenvalue weighted by atomic mass is 79.9. The first-order valence-electron chi connectivity index (χ1n) is 6.82. The average molecular weight is 313 g/mol. The van der Waals surface area contributed by atoms with Crippen molar-refractivity contribution in [2.75, 3.05) is 12.3 Å². The zero-order valence-corrected chi connectivity index (χ0v) is 13.3. The molecular formula is C15H25BrN2. The summed E-state index contributed by atoms with van der Waals surface area (Å²) < 4.78 is 1.06. The fourth-order valence-corrected chi connectivity index (χ4v) is 2.64. The third-order valence-corrected chi connectivity index (χ3v) is 3.60. The van der Waals surface area contributed by atoms with Crippen molar-refractivity contribution in [2.24, 2.45) is 0 Å². The number of unbranched alkanes of at least 4 members (excludes halogenated alkanes) is 2. The molecule has 0 heterocycles. The second-order valence-electron chi connectivity index (χ2n) is 5.16. The molecule has 0 fully saturated rings. The summed E-state index contributed by atoms with van der Waals surface area (Å²) >= 11 is 3.51. The van der Waals surface area contributed by atoms with Crippen LogP contribution in [0.15, 0.2) is 22.7 Å². The highest BCUT2D eigenvalue weighted by Gasteiger charge is 2.10. The molecule has 0 aromatic heterocycles. The fourth-order valence-electron chi connectivity index (χ4n) is 2.09. The Hall–Kier alpha value is -0.540. The minimum Gasteiger partial charge on any atom is -0.399 e.